The Bertz CT molecular complexity index is 142. The van der Waals surface area contributed by atoms with Gasteiger partial charge in [-0.2, -0.15) is 0 Å². The molecule has 78 valence electrons. The van der Waals surface area contributed by atoms with Gasteiger partial charge < -0.3 is 5.11 Å². The SMILES string of the molecule is CCCCC(CC)(CC)C(=O)O.[Cr]. The van der Waals surface area contributed by atoms with E-state index in [0.717, 1.165) is 32.1 Å². The number of unbranched alkanes of at least 4 members (excludes halogenated alkanes) is 1. The Labute approximate surface area is 91.9 Å². The zero-order valence-corrected chi connectivity index (χ0v) is 10.1. The van der Waals surface area contributed by atoms with Crippen LogP contribution in [0.4, 0.5) is 0 Å². The van der Waals surface area contributed by atoms with Gasteiger partial charge in [0.05, 0.1) is 5.41 Å². The van der Waals surface area contributed by atoms with E-state index in [2.05, 4.69) is 6.92 Å². The predicted molar refractivity (Wildman–Crippen MR) is 50.2 cm³/mol. The minimum Gasteiger partial charge on any atom is -0.481 e. The van der Waals surface area contributed by atoms with Gasteiger partial charge in [0.1, 0.15) is 0 Å². The summed E-state index contributed by atoms with van der Waals surface area (Å²) in [4.78, 5) is 11.0. The minimum atomic E-state index is -0.624. The van der Waals surface area contributed by atoms with E-state index in [1.807, 2.05) is 13.8 Å². The van der Waals surface area contributed by atoms with Crippen LogP contribution in [0.5, 0.6) is 0 Å². The van der Waals surface area contributed by atoms with Crippen LogP contribution in [0.15, 0.2) is 0 Å². The van der Waals surface area contributed by atoms with Crippen molar-refractivity contribution in [2.75, 3.05) is 0 Å². The molecule has 0 spiro atoms. The Morgan fingerprint density at radius 3 is 1.92 bits per heavy atom. The molecule has 0 radical (unpaired) electrons. The third-order valence-electron chi connectivity index (χ3n) is 2.82. The van der Waals surface area contributed by atoms with Gasteiger partial charge >= 0.3 is 5.97 Å². The van der Waals surface area contributed by atoms with Gasteiger partial charge in [-0.1, -0.05) is 33.6 Å². The summed E-state index contributed by atoms with van der Waals surface area (Å²) in [6.07, 6.45) is 4.42. The summed E-state index contributed by atoms with van der Waals surface area (Å²) in [5.41, 5.74) is -0.448. The van der Waals surface area contributed by atoms with Crippen molar-refractivity contribution in [1.82, 2.24) is 0 Å². The number of carbonyl (C=O) groups is 1. The van der Waals surface area contributed by atoms with Gasteiger partial charge in [-0.05, 0) is 19.3 Å². The van der Waals surface area contributed by atoms with Crippen LogP contribution in [0.3, 0.4) is 0 Å². The van der Waals surface area contributed by atoms with Gasteiger partial charge in [-0.25, -0.2) is 0 Å². The van der Waals surface area contributed by atoms with E-state index in [4.69, 9.17) is 5.11 Å². The quantitative estimate of drug-likeness (QED) is 0.752. The van der Waals surface area contributed by atoms with E-state index in [1.54, 1.807) is 0 Å². The van der Waals surface area contributed by atoms with Crippen LogP contribution in [-0.2, 0) is 22.2 Å². The average molecular weight is 224 g/mol. The van der Waals surface area contributed by atoms with E-state index in [-0.39, 0.29) is 17.4 Å². The summed E-state index contributed by atoms with van der Waals surface area (Å²) in [7, 11) is 0. The van der Waals surface area contributed by atoms with Gasteiger partial charge in [0.15, 0.2) is 0 Å². The largest absolute Gasteiger partial charge is 0.481 e. The van der Waals surface area contributed by atoms with Crippen molar-refractivity contribution in [3.8, 4) is 0 Å². The average Bonchev–Trinajstić information content (AvgIpc) is 2.07. The van der Waals surface area contributed by atoms with Gasteiger partial charge in [0.2, 0.25) is 0 Å². The van der Waals surface area contributed by atoms with E-state index >= 15 is 0 Å². The van der Waals surface area contributed by atoms with E-state index < -0.39 is 11.4 Å². The molecule has 0 atom stereocenters. The van der Waals surface area contributed by atoms with E-state index in [0.29, 0.717) is 0 Å². The van der Waals surface area contributed by atoms with Crippen LogP contribution < -0.4 is 0 Å². The molecule has 13 heavy (non-hydrogen) atoms. The molecule has 0 saturated carbocycles. The molecule has 0 unspecified atom stereocenters. The summed E-state index contributed by atoms with van der Waals surface area (Å²) >= 11 is 0. The summed E-state index contributed by atoms with van der Waals surface area (Å²) in [5, 5.41) is 9.05. The van der Waals surface area contributed by atoms with Crippen LogP contribution in [-0.4, -0.2) is 11.1 Å². The smallest absolute Gasteiger partial charge is 0.309 e. The fraction of sp³-hybridized carbons (Fsp3) is 0.900. The Morgan fingerprint density at radius 2 is 1.69 bits per heavy atom. The molecule has 0 aliphatic heterocycles. The molecule has 0 aliphatic carbocycles. The molecule has 0 fully saturated rings. The molecule has 2 nitrogen and oxygen atoms in total. The number of carboxylic acids is 1. The van der Waals surface area contributed by atoms with Crippen LogP contribution >= 0.6 is 0 Å². The number of hydrogen-bond donors (Lipinski definition) is 1. The molecule has 0 saturated heterocycles. The van der Waals surface area contributed by atoms with Crippen molar-refractivity contribution >= 4 is 5.97 Å². The topological polar surface area (TPSA) is 37.3 Å². The van der Waals surface area contributed by atoms with Crippen LogP contribution in [0.25, 0.3) is 0 Å². The number of hydrogen-bond acceptors (Lipinski definition) is 1. The molecule has 0 amide bonds. The Hall–Kier alpha value is 0.00247. The minimum absolute atomic E-state index is 0. The fourth-order valence-electron chi connectivity index (χ4n) is 1.53. The number of carboxylic acid groups (broad SMARTS) is 1. The molecule has 0 rings (SSSR count). The van der Waals surface area contributed by atoms with E-state index in [9.17, 15) is 4.79 Å². The third-order valence-corrected chi connectivity index (χ3v) is 2.82. The van der Waals surface area contributed by atoms with Gasteiger partial charge in [-0.3, -0.25) is 4.79 Å². The van der Waals surface area contributed by atoms with Crippen molar-refractivity contribution < 1.29 is 27.3 Å². The molecule has 0 aromatic heterocycles. The Kier molecular flexibility index (Phi) is 8.82. The Morgan fingerprint density at radius 1 is 1.23 bits per heavy atom. The maximum atomic E-state index is 11.0. The standard InChI is InChI=1S/C10H20O2.Cr/c1-4-7-8-10(5-2,6-3)9(11)12;/h4-8H2,1-3H3,(H,11,12);. The molecular weight excluding hydrogens is 204 g/mol. The van der Waals surface area contributed by atoms with Crippen molar-refractivity contribution in [1.29, 1.82) is 0 Å². The van der Waals surface area contributed by atoms with Crippen molar-refractivity contribution in [2.24, 2.45) is 5.41 Å². The summed E-state index contributed by atoms with van der Waals surface area (Å²) in [6.45, 7) is 6.03. The van der Waals surface area contributed by atoms with Crippen molar-refractivity contribution in [2.45, 2.75) is 52.9 Å². The Balaban J connectivity index is 0. The normalized spacial score (nSPS) is 10.7. The molecule has 3 heteroatoms. The van der Waals surface area contributed by atoms with Crippen LogP contribution in [0, 0.1) is 5.41 Å². The van der Waals surface area contributed by atoms with Gasteiger partial charge in [0, 0.05) is 17.4 Å². The first-order valence-electron chi connectivity index (χ1n) is 4.86. The van der Waals surface area contributed by atoms with E-state index in [1.165, 1.54) is 0 Å². The van der Waals surface area contributed by atoms with Gasteiger partial charge in [-0.15, -0.1) is 0 Å². The first-order chi connectivity index (χ1) is 5.63. The molecule has 0 aromatic rings. The zero-order chi connectivity index (χ0) is 9.61. The zero-order valence-electron chi connectivity index (χ0n) is 8.80. The first kappa shape index (κ1) is 15.5. The summed E-state index contributed by atoms with van der Waals surface area (Å²) in [6, 6.07) is 0. The maximum absolute atomic E-state index is 11.0. The van der Waals surface area contributed by atoms with Gasteiger partial charge in [0.25, 0.3) is 0 Å². The molecule has 0 bridgehead atoms. The van der Waals surface area contributed by atoms with Crippen LogP contribution in [0.2, 0.25) is 0 Å². The summed E-state index contributed by atoms with van der Waals surface area (Å²) < 4.78 is 0. The molecule has 0 heterocycles. The number of aliphatic carboxylic acids is 1. The molecule has 0 aromatic carbocycles. The monoisotopic (exact) mass is 224 g/mol. The molecule has 1 N–H and O–H groups in total. The second kappa shape index (κ2) is 7.41. The van der Waals surface area contributed by atoms with Crippen LogP contribution in [0.1, 0.15) is 52.9 Å². The summed E-state index contributed by atoms with van der Waals surface area (Å²) in [5.74, 6) is -0.624. The third kappa shape index (κ3) is 4.15. The fourth-order valence-corrected chi connectivity index (χ4v) is 1.53. The van der Waals surface area contributed by atoms with Crippen molar-refractivity contribution in [3.05, 3.63) is 0 Å². The van der Waals surface area contributed by atoms with Crippen molar-refractivity contribution in [3.63, 3.8) is 0 Å². The first-order valence-corrected chi connectivity index (χ1v) is 4.86. The number of rotatable bonds is 6. The predicted octanol–water partition coefficient (Wildman–Crippen LogP) is 3.07. The second-order valence-corrected chi connectivity index (χ2v) is 3.40. The molecular formula is C10H20CrO2. The maximum Gasteiger partial charge on any atom is 0.309 e. The molecule has 0 aliphatic rings. The second-order valence-electron chi connectivity index (χ2n) is 3.40.